The lowest BCUT2D eigenvalue weighted by Gasteiger charge is -2.39. The highest BCUT2D eigenvalue weighted by atomic mass is 16.7. The van der Waals surface area contributed by atoms with Crippen molar-refractivity contribution >= 4 is 0 Å². The van der Waals surface area contributed by atoms with Crippen LogP contribution in [0.25, 0.3) is 0 Å². The van der Waals surface area contributed by atoms with Gasteiger partial charge in [-0.3, -0.25) is 0 Å². The predicted molar refractivity (Wildman–Crippen MR) is 96.0 cm³/mol. The van der Waals surface area contributed by atoms with Gasteiger partial charge in [-0.2, -0.15) is 0 Å². The molecule has 0 aromatic heterocycles. The molecule has 1 saturated heterocycles. The SMILES string of the molecule is CO[C@H]1OC(C)[C@@H](OCc2ccccc2)CC1OCc1ccccc1. The van der Waals surface area contributed by atoms with Crippen LogP contribution in [0.15, 0.2) is 60.7 Å². The summed E-state index contributed by atoms with van der Waals surface area (Å²) in [5.74, 6) is 0. The highest BCUT2D eigenvalue weighted by molar-refractivity contribution is 5.14. The van der Waals surface area contributed by atoms with Crippen molar-refractivity contribution in [1.29, 1.82) is 0 Å². The van der Waals surface area contributed by atoms with E-state index in [1.165, 1.54) is 0 Å². The van der Waals surface area contributed by atoms with E-state index < -0.39 is 0 Å². The Morgan fingerprint density at radius 3 is 1.88 bits per heavy atom. The number of hydrogen-bond acceptors (Lipinski definition) is 4. The van der Waals surface area contributed by atoms with E-state index in [0.29, 0.717) is 13.2 Å². The van der Waals surface area contributed by atoms with Crippen molar-refractivity contribution in [2.24, 2.45) is 0 Å². The molecule has 0 bridgehead atoms. The number of benzene rings is 2. The van der Waals surface area contributed by atoms with E-state index >= 15 is 0 Å². The molecule has 4 heteroatoms. The van der Waals surface area contributed by atoms with Gasteiger partial charge in [-0.05, 0) is 18.1 Å². The van der Waals surface area contributed by atoms with E-state index in [0.717, 1.165) is 17.5 Å². The first-order chi connectivity index (χ1) is 12.3. The van der Waals surface area contributed by atoms with Crippen molar-refractivity contribution in [1.82, 2.24) is 0 Å². The fourth-order valence-corrected chi connectivity index (χ4v) is 3.03. The highest BCUT2D eigenvalue weighted by Gasteiger charge is 2.37. The molecule has 3 rings (SSSR count). The maximum absolute atomic E-state index is 6.10. The number of ether oxygens (including phenoxy) is 4. The Morgan fingerprint density at radius 1 is 0.840 bits per heavy atom. The van der Waals surface area contributed by atoms with Crippen molar-refractivity contribution in [3.8, 4) is 0 Å². The molecule has 0 saturated carbocycles. The van der Waals surface area contributed by atoms with Gasteiger partial charge in [0.15, 0.2) is 6.29 Å². The van der Waals surface area contributed by atoms with Crippen LogP contribution in [0.1, 0.15) is 24.5 Å². The first-order valence-electron chi connectivity index (χ1n) is 8.75. The van der Waals surface area contributed by atoms with E-state index in [1.807, 2.05) is 43.3 Å². The molecule has 0 amide bonds. The summed E-state index contributed by atoms with van der Waals surface area (Å²) in [6.45, 7) is 3.13. The molecule has 134 valence electrons. The lowest BCUT2D eigenvalue weighted by molar-refractivity contribution is -0.271. The minimum absolute atomic E-state index is 0.0209. The minimum atomic E-state index is -0.365. The lowest BCUT2D eigenvalue weighted by Crippen LogP contribution is -2.48. The van der Waals surface area contributed by atoms with Crippen molar-refractivity contribution in [2.75, 3.05) is 7.11 Å². The van der Waals surface area contributed by atoms with Crippen LogP contribution >= 0.6 is 0 Å². The number of hydrogen-bond donors (Lipinski definition) is 0. The van der Waals surface area contributed by atoms with E-state index in [1.54, 1.807) is 7.11 Å². The first kappa shape index (κ1) is 18.1. The second-order valence-electron chi connectivity index (χ2n) is 6.35. The lowest BCUT2D eigenvalue weighted by atomic mass is 10.0. The maximum atomic E-state index is 6.10. The van der Waals surface area contributed by atoms with Gasteiger partial charge in [0.1, 0.15) is 6.10 Å². The number of rotatable bonds is 7. The minimum Gasteiger partial charge on any atom is -0.371 e. The standard InChI is InChI=1S/C21H26O4/c1-16-19(23-14-17-9-5-3-6-10-17)13-20(21(22-2)25-16)24-15-18-11-7-4-8-12-18/h3-12,16,19-21H,13-15H2,1-2H3/t16?,19-,20?,21-/m0/s1. The molecule has 1 aliphatic rings. The molecule has 1 aliphatic heterocycles. The third-order valence-electron chi connectivity index (χ3n) is 4.49. The molecule has 0 N–H and O–H groups in total. The van der Waals surface area contributed by atoms with Gasteiger partial charge in [0.05, 0.1) is 25.4 Å². The van der Waals surface area contributed by atoms with Gasteiger partial charge in [0.25, 0.3) is 0 Å². The van der Waals surface area contributed by atoms with Crippen LogP contribution in [0.3, 0.4) is 0 Å². The zero-order valence-electron chi connectivity index (χ0n) is 14.8. The molecule has 0 aliphatic carbocycles. The Morgan fingerprint density at radius 2 is 1.36 bits per heavy atom. The average Bonchev–Trinajstić information content (AvgIpc) is 2.67. The third-order valence-corrected chi connectivity index (χ3v) is 4.49. The van der Waals surface area contributed by atoms with Crippen LogP contribution in [0.5, 0.6) is 0 Å². The van der Waals surface area contributed by atoms with Crippen LogP contribution in [0, 0.1) is 0 Å². The van der Waals surface area contributed by atoms with Crippen molar-refractivity contribution in [3.05, 3.63) is 71.8 Å². The predicted octanol–water partition coefficient (Wildman–Crippen LogP) is 3.94. The summed E-state index contributed by atoms with van der Waals surface area (Å²) < 4.78 is 23.6. The van der Waals surface area contributed by atoms with E-state index in [-0.39, 0.29) is 24.6 Å². The fourth-order valence-electron chi connectivity index (χ4n) is 3.03. The van der Waals surface area contributed by atoms with Gasteiger partial charge in [0, 0.05) is 13.5 Å². The molecule has 4 nitrogen and oxygen atoms in total. The van der Waals surface area contributed by atoms with Crippen LogP contribution in [0.2, 0.25) is 0 Å². The van der Waals surface area contributed by atoms with Gasteiger partial charge < -0.3 is 18.9 Å². The molecular weight excluding hydrogens is 316 g/mol. The Labute approximate surface area is 149 Å². The normalized spacial score (nSPS) is 26.5. The van der Waals surface area contributed by atoms with Crippen molar-refractivity contribution < 1.29 is 18.9 Å². The summed E-state index contributed by atoms with van der Waals surface area (Å²) in [6, 6.07) is 20.3. The zero-order valence-corrected chi connectivity index (χ0v) is 14.8. The summed E-state index contributed by atoms with van der Waals surface area (Å²) in [7, 11) is 1.65. The molecule has 0 spiro atoms. The largest absolute Gasteiger partial charge is 0.371 e. The maximum Gasteiger partial charge on any atom is 0.183 e. The van der Waals surface area contributed by atoms with Gasteiger partial charge in [-0.1, -0.05) is 60.7 Å². The summed E-state index contributed by atoms with van der Waals surface area (Å²) in [4.78, 5) is 0. The topological polar surface area (TPSA) is 36.9 Å². The molecular formula is C21H26O4. The molecule has 2 unspecified atom stereocenters. The second-order valence-corrected chi connectivity index (χ2v) is 6.35. The molecule has 2 aromatic rings. The zero-order chi connectivity index (χ0) is 17.5. The van der Waals surface area contributed by atoms with E-state index in [9.17, 15) is 0 Å². The van der Waals surface area contributed by atoms with Crippen LogP contribution in [0.4, 0.5) is 0 Å². The van der Waals surface area contributed by atoms with Gasteiger partial charge in [-0.15, -0.1) is 0 Å². The van der Waals surface area contributed by atoms with Crippen LogP contribution in [-0.4, -0.2) is 31.7 Å². The van der Waals surface area contributed by atoms with Gasteiger partial charge in [0.2, 0.25) is 0 Å². The van der Waals surface area contributed by atoms with E-state index in [4.69, 9.17) is 18.9 Å². The summed E-state index contributed by atoms with van der Waals surface area (Å²) in [5, 5.41) is 0. The summed E-state index contributed by atoms with van der Waals surface area (Å²) in [5.41, 5.74) is 2.29. The van der Waals surface area contributed by atoms with Crippen LogP contribution in [-0.2, 0) is 32.2 Å². The summed E-state index contributed by atoms with van der Waals surface area (Å²) >= 11 is 0. The Hall–Kier alpha value is -1.72. The van der Waals surface area contributed by atoms with Gasteiger partial charge >= 0.3 is 0 Å². The number of methoxy groups -OCH3 is 1. The van der Waals surface area contributed by atoms with Gasteiger partial charge in [-0.25, -0.2) is 0 Å². The quantitative estimate of drug-likeness (QED) is 0.764. The summed E-state index contributed by atoms with van der Waals surface area (Å²) in [6.07, 6.45) is 0.175. The Kier molecular flexibility index (Phi) is 6.59. The Bertz CT molecular complexity index is 616. The fraction of sp³-hybridized carbons (Fsp3) is 0.429. The Balaban J connectivity index is 1.57. The monoisotopic (exact) mass is 342 g/mol. The molecule has 1 heterocycles. The first-order valence-corrected chi connectivity index (χ1v) is 8.75. The molecule has 0 radical (unpaired) electrons. The van der Waals surface area contributed by atoms with E-state index in [2.05, 4.69) is 24.3 Å². The average molecular weight is 342 g/mol. The highest BCUT2D eigenvalue weighted by Crippen LogP contribution is 2.27. The molecule has 4 atom stereocenters. The third kappa shape index (κ3) is 5.13. The molecule has 1 fully saturated rings. The van der Waals surface area contributed by atoms with Crippen LogP contribution < -0.4 is 0 Å². The smallest absolute Gasteiger partial charge is 0.183 e. The molecule has 25 heavy (non-hydrogen) atoms. The molecule has 2 aromatic carbocycles. The second kappa shape index (κ2) is 9.11. The van der Waals surface area contributed by atoms with Crippen molar-refractivity contribution in [3.63, 3.8) is 0 Å². The van der Waals surface area contributed by atoms with Crippen molar-refractivity contribution in [2.45, 2.75) is 51.2 Å².